The standard InChI is InChI=1S/C15H30N2O2/c1-4-9-16-14-7-10-17(12-13(14)5-2)15(18)8-11-19-6-3/h13-14,16H,4-12H2,1-3H3. The van der Waals surface area contributed by atoms with Crippen LogP contribution in [0, 0.1) is 5.92 Å². The molecule has 1 heterocycles. The quantitative estimate of drug-likeness (QED) is 0.686. The van der Waals surface area contributed by atoms with Gasteiger partial charge in [0.25, 0.3) is 0 Å². The van der Waals surface area contributed by atoms with Gasteiger partial charge in [-0.05, 0) is 32.2 Å². The Kier molecular flexibility index (Phi) is 8.07. The Morgan fingerprint density at radius 2 is 2.16 bits per heavy atom. The van der Waals surface area contributed by atoms with Gasteiger partial charge in [0.05, 0.1) is 13.0 Å². The summed E-state index contributed by atoms with van der Waals surface area (Å²) >= 11 is 0. The summed E-state index contributed by atoms with van der Waals surface area (Å²) in [5, 5.41) is 3.62. The summed E-state index contributed by atoms with van der Waals surface area (Å²) in [5.41, 5.74) is 0. The van der Waals surface area contributed by atoms with Crippen LogP contribution in [0.25, 0.3) is 0 Å². The maximum atomic E-state index is 12.1. The number of nitrogens with one attached hydrogen (secondary N) is 1. The Labute approximate surface area is 117 Å². The second-order valence-electron chi connectivity index (χ2n) is 5.30. The third-order valence-corrected chi connectivity index (χ3v) is 3.93. The van der Waals surface area contributed by atoms with Crippen LogP contribution in [0.2, 0.25) is 0 Å². The molecule has 0 bridgehead atoms. The number of hydrogen-bond donors (Lipinski definition) is 1. The number of carbonyl (C=O) groups excluding carboxylic acids is 1. The third kappa shape index (κ3) is 5.49. The fourth-order valence-corrected chi connectivity index (χ4v) is 2.73. The lowest BCUT2D eigenvalue weighted by Crippen LogP contribution is -2.51. The van der Waals surface area contributed by atoms with Crippen LogP contribution in [-0.2, 0) is 9.53 Å². The molecule has 1 saturated heterocycles. The highest BCUT2D eigenvalue weighted by Crippen LogP contribution is 2.20. The molecule has 0 aromatic carbocycles. The molecule has 0 aromatic rings. The molecule has 0 radical (unpaired) electrons. The fraction of sp³-hybridized carbons (Fsp3) is 0.933. The zero-order valence-corrected chi connectivity index (χ0v) is 12.8. The Morgan fingerprint density at radius 1 is 1.37 bits per heavy atom. The first-order valence-electron chi connectivity index (χ1n) is 7.81. The van der Waals surface area contributed by atoms with Gasteiger partial charge in [0.1, 0.15) is 0 Å². The average molecular weight is 270 g/mol. The van der Waals surface area contributed by atoms with E-state index >= 15 is 0 Å². The van der Waals surface area contributed by atoms with E-state index in [4.69, 9.17) is 4.74 Å². The zero-order chi connectivity index (χ0) is 14.1. The first kappa shape index (κ1) is 16.4. The van der Waals surface area contributed by atoms with Gasteiger partial charge in [-0.15, -0.1) is 0 Å². The molecule has 1 N–H and O–H groups in total. The molecule has 2 atom stereocenters. The van der Waals surface area contributed by atoms with Gasteiger partial charge in [0.15, 0.2) is 0 Å². The minimum Gasteiger partial charge on any atom is -0.381 e. The zero-order valence-electron chi connectivity index (χ0n) is 12.8. The number of amides is 1. The van der Waals surface area contributed by atoms with Crippen LogP contribution in [0.5, 0.6) is 0 Å². The molecular weight excluding hydrogens is 240 g/mol. The normalized spacial score (nSPS) is 23.6. The molecule has 0 saturated carbocycles. The van der Waals surface area contributed by atoms with Gasteiger partial charge >= 0.3 is 0 Å². The van der Waals surface area contributed by atoms with Crippen molar-refractivity contribution in [1.29, 1.82) is 0 Å². The number of rotatable bonds is 8. The third-order valence-electron chi connectivity index (χ3n) is 3.93. The van der Waals surface area contributed by atoms with Crippen LogP contribution in [-0.4, -0.2) is 49.7 Å². The molecule has 1 aliphatic rings. The van der Waals surface area contributed by atoms with Gasteiger partial charge in [0.2, 0.25) is 5.91 Å². The lowest BCUT2D eigenvalue weighted by molar-refractivity contribution is -0.134. The number of nitrogens with zero attached hydrogens (tertiary/aromatic N) is 1. The Balaban J connectivity index is 2.37. The van der Waals surface area contributed by atoms with E-state index in [2.05, 4.69) is 19.2 Å². The highest BCUT2D eigenvalue weighted by molar-refractivity contribution is 5.76. The molecule has 4 heteroatoms. The Bertz CT molecular complexity index is 259. The van der Waals surface area contributed by atoms with E-state index in [9.17, 15) is 4.79 Å². The number of likely N-dealkylation sites (tertiary alicyclic amines) is 1. The molecule has 19 heavy (non-hydrogen) atoms. The molecule has 4 nitrogen and oxygen atoms in total. The van der Waals surface area contributed by atoms with Crippen LogP contribution in [0.15, 0.2) is 0 Å². The predicted octanol–water partition coefficient (Wildman–Crippen LogP) is 2.04. The Morgan fingerprint density at radius 3 is 2.79 bits per heavy atom. The summed E-state index contributed by atoms with van der Waals surface area (Å²) in [5.74, 6) is 0.845. The molecule has 1 rings (SSSR count). The molecule has 0 aromatic heterocycles. The van der Waals surface area contributed by atoms with E-state index in [1.165, 1.54) is 6.42 Å². The van der Waals surface area contributed by atoms with Crippen LogP contribution in [0.1, 0.15) is 46.5 Å². The number of carbonyl (C=O) groups is 1. The summed E-state index contributed by atoms with van der Waals surface area (Å²) in [6, 6.07) is 0.584. The van der Waals surface area contributed by atoms with E-state index in [1.54, 1.807) is 0 Å². The number of ether oxygens (including phenoxy) is 1. The summed E-state index contributed by atoms with van der Waals surface area (Å²) < 4.78 is 5.26. The van der Waals surface area contributed by atoms with Gasteiger partial charge in [0, 0.05) is 25.7 Å². The maximum absolute atomic E-state index is 12.1. The van der Waals surface area contributed by atoms with Crippen molar-refractivity contribution in [2.24, 2.45) is 5.92 Å². The van der Waals surface area contributed by atoms with Crippen molar-refractivity contribution in [2.75, 3.05) is 32.8 Å². The molecule has 0 spiro atoms. The summed E-state index contributed by atoms with van der Waals surface area (Å²) in [4.78, 5) is 14.1. The van der Waals surface area contributed by atoms with Crippen LogP contribution >= 0.6 is 0 Å². The summed E-state index contributed by atoms with van der Waals surface area (Å²) in [6.45, 7) is 10.5. The van der Waals surface area contributed by atoms with Gasteiger partial charge in [-0.1, -0.05) is 20.3 Å². The highest BCUT2D eigenvalue weighted by atomic mass is 16.5. The SMILES string of the molecule is CCCNC1CCN(C(=O)CCOCC)CC1CC. The lowest BCUT2D eigenvalue weighted by Gasteiger charge is -2.39. The van der Waals surface area contributed by atoms with Crippen molar-refractivity contribution in [3.05, 3.63) is 0 Å². The number of piperidine rings is 1. The van der Waals surface area contributed by atoms with Crippen molar-refractivity contribution in [2.45, 2.75) is 52.5 Å². The van der Waals surface area contributed by atoms with Crippen LogP contribution in [0.3, 0.4) is 0 Å². The van der Waals surface area contributed by atoms with Crippen molar-refractivity contribution < 1.29 is 9.53 Å². The Hall–Kier alpha value is -0.610. The molecule has 1 aliphatic heterocycles. The smallest absolute Gasteiger partial charge is 0.224 e. The molecule has 2 unspecified atom stereocenters. The second-order valence-corrected chi connectivity index (χ2v) is 5.30. The first-order valence-corrected chi connectivity index (χ1v) is 7.81. The number of hydrogen-bond acceptors (Lipinski definition) is 3. The molecule has 1 amide bonds. The largest absolute Gasteiger partial charge is 0.381 e. The minimum atomic E-state index is 0.251. The van der Waals surface area contributed by atoms with E-state index in [-0.39, 0.29) is 5.91 Å². The lowest BCUT2D eigenvalue weighted by atomic mass is 9.89. The van der Waals surface area contributed by atoms with Crippen LogP contribution < -0.4 is 5.32 Å². The van der Waals surface area contributed by atoms with Gasteiger partial charge in [-0.25, -0.2) is 0 Å². The molecule has 1 fully saturated rings. The average Bonchev–Trinajstić information content (AvgIpc) is 2.45. The minimum absolute atomic E-state index is 0.251. The van der Waals surface area contributed by atoms with Crippen molar-refractivity contribution in [3.8, 4) is 0 Å². The van der Waals surface area contributed by atoms with Crippen molar-refractivity contribution in [1.82, 2.24) is 10.2 Å². The summed E-state index contributed by atoms with van der Waals surface area (Å²) in [6.07, 6.45) is 3.91. The summed E-state index contributed by atoms with van der Waals surface area (Å²) in [7, 11) is 0. The van der Waals surface area contributed by atoms with E-state index < -0.39 is 0 Å². The fourth-order valence-electron chi connectivity index (χ4n) is 2.73. The monoisotopic (exact) mass is 270 g/mol. The van der Waals surface area contributed by atoms with E-state index in [0.717, 1.165) is 32.5 Å². The van der Waals surface area contributed by atoms with E-state index in [1.807, 2.05) is 11.8 Å². The van der Waals surface area contributed by atoms with Crippen molar-refractivity contribution >= 4 is 5.91 Å². The molecule has 112 valence electrons. The van der Waals surface area contributed by atoms with Gasteiger partial charge in [-0.3, -0.25) is 4.79 Å². The topological polar surface area (TPSA) is 41.6 Å². The highest BCUT2D eigenvalue weighted by Gasteiger charge is 2.29. The van der Waals surface area contributed by atoms with Gasteiger partial charge in [-0.2, -0.15) is 0 Å². The van der Waals surface area contributed by atoms with E-state index in [0.29, 0.717) is 31.6 Å². The second kappa shape index (κ2) is 9.32. The van der Waals surface area contributed by atoms with Gasteiger partial charge < -0.3 is 15.0 Å². The molecule has 0 aliphatic carbocycles. The maximum Gasteiger partial charge on any atom is 0.224 e. The predicted molar refractivity (Wildman–Crippen MR) is 78.2 cm³/mol. The van der Waals surface area contributed by atoms with Crippen LogP contribution in [0.4, 0.5) is 0 Å². The van der Waals surface area contributed by atoms with Crippen molar-refractivity contribution in [3.63, 3.8) is 0 Å². The molecular formula is C15H30N2O2. The first-order chi connectivity index (χ1) is 9.22.